The number of benzene rings is 2. The molecule has 5 nitrogen and oxygen atoms in total. The molecule has 2 aliphatic heterocycles. The fraction of sp³-hybridized carbons (Fsp3) is 0.519. The molecular formula is C27H36N2O3. The predicted molar refractivity (Wildman–Crippen MR) is 128 cm³/mol. The quantitative estimate of drug-likeness (QED) is 0.600. The van der Waals surface area contributed by atoms with Crippen molar-refractivity contribution in [1.29, 1.82) is 0 Å². The van der Waals surface area contributed by atoms with Crippen molar-refractivity contribution in [2.45, 2.75) is 44.4 Å². The Balaban J connectivity index is 1.28. The first kappa shape index (κ1) is 22.8. The van der Waals surface area contributed by atoms with Crippen LogP contribution in [0.1, 0.15) is 44.6 Å². The third-order valence-corrected chi connectivity index (χ3v) is 6.98. The highest BCUT2D eigenvalue weighted by Gasteiger charge is 2.41. The topological polar surface area (TPSA) is 50.8 Å². The first-order valence-corrected chi connectivity index (χ1v) is 12.1. The first-order chi connectivity index (χ1) is 15.7. The van der Waals surface area contributed by atoms with Gasteiger partial charge < -0.3 is 19.7 Å². The molecule has 172 valence electrons. The molecule has 1 N–H and O–H groups in total. The summed E-state index contributed by atoms with van der Waals surface area (Å²) in [5.41, 5.74) is 1.32. The maximum absolute atomic E-state index is 13.4. The zero-order valence-electron chi connectivity index (χ0n) is 19.2. The lowest BCUT2D eigenvalue weighted by Gasteiger charge is -2.36. The summed E-state index contributed by atoms with van der Waals surface area (Å²) in [4.78, 5) is 15.9. The smallest absolute Gasteiger partial charge is 0.235 e. The molecule has 2 aromatic rings. The highest BCUT2D eigenvalue weighted by molar-refractivity contribution is 5.99. The highest BCUT2D eigenvalue weighted by Crippen LogP contribution is 2.36. The van der Waals surface area contributed by atoms with Crippen LogP contribution in [0.15, 0.2) is 54.6 Å². The van der Waals surface area contributed by atoms with Crippen molar-refractivity contribution in [3.8, 4) is 5.75 Å². The number of anilines is 1. The molecule has 0 radical (unpaired) electrons. The lowest BCUT2D eigenvalue weighted by atomic mass is 9.73. The standard InChI is InChI=1S/C27H36N2O3/c1-22-12-17-29(18-13-22)16-5-19-32-25-10-8-24(9-11-25)28-26(30)27(14-20-31-21-15-27)23-6-3-2-4-7-23/h2-4,6-11,22H,5,12-21H2,1H3,(H,28,30). The van der Waals surface area contributed by atoms with Gasteiger partial charge in [-0.3, -0.25) is 4.79 Å². The molecule has 32 heavy (non-hydrogen) atoms. The summed E-state index contributed by atoms with van der Waals surface area (Å²) < 4.78 is 11.5. The molecule has 2 saturated heterocycles. The third kappa shape index (κ3) is 5.70. The molecule has 2 heterocycles. The minimum absolute atomic E-state index is 0.0384. The van der Waals surface area contributed by atoms with Gasteiger partial charge in [0.2, 0.25) is 5.91 Å². The average Bonchev–Trinajstić information content (AvgIpc) is 2.85. The zero-order valence-corrected chi connectivity index (χ0v) is 19.2. The van der Waals surface area contributed by atoms with Crippen LogP contribution in [0.4, 0.5) is 5.69 Å². The molecule has 4 rings (SSSR count). The monoisotopic (exact) mass is 436 g/mol. The van der Waals surface area contributed by atoms with Crippen molar-refractivity contribution < 1.29 is 14.3 Å². The van der Waals surface area contributed by atoms with Gasteiger partial charge >= 0.3 is 0 Å². The Labute approximate surface area is 192 Å². The number of rotatable bonds is 8. The minimum Gasteiger partial charge on any atom is -0.494 e. The molecule has 0 spiro atoms. The summed E-state index contributed by atoms with van der Waals surface area (Å²) in [5, 5.41) is 3.14. The Hall–Kier alpha value is -2.37. The number of piperidine rings is 1. The van der Waals surface area contributed by atoms with Gasteiger partial charge in [-0.05, 0) is 80.9 Å². The number of hydrogen-bond acceptors (Lipinski definition) is 4. The summed E-state index contributed by atoms with van der Waals surface area (Å²) in [6.45, 7) is 7.80. The predicted octanol–water partition coefficient (Wildman–Crippen LogP) is 4.87. The summed E-state index contributed by atoms with van der Waals surface area (Å²) >= 11 is 0. The van der Waals surface area contributed by atoms with E-state index in [-0.39, 0.29) is 5.91 Å². The number of ether oxygens (including phenoxy) is 2. The average molecular weight is 437 g/mol. The van der Waals surface area contributed by atoms with Gasteiger partial charge in [0.05, 0.1) is 12.0 Å². The normalized spacial score (nSPS) is 19.4. The number of nitrogens with zero attached hydrogens (tertiary/aromatic N) is 1. The summed E-state index contributed by atoms with van der Waals surface area (Å²) in [7, 11) is 0. The fourth-order valence-corrected chi connectivity index (χ4v) is 4.77. The number of nitrogens with one attached hydrogen (secondary N) is 1. The van der Waals surface area contributed by atoms with E-state index < -0.39 is 5.41 Å². The van der Waals surface area contributed by atoms with Crippen LogP contribution in [0.25, 0.3) is 0 Å². The van der Waals surface area contributed by atoms with Crippen LogP contribution in [0.5, 0.6) is 5.75 Å². The van der Waals surface area contributed by atoms with E-state index in [0.29, 0.717) is 26.1 Å². The van der Waals surface area contributed by atoms with Crippen molar-refractivity contribution in [3.05, 3.63) is 60.2 Å². The second-order valence-electron chi connectivity index (χ2n) is 9.27. The molecule has 0 atom stereocenters. The van der Waals surface area contributed by atoms with Crippen molar-refractivity contribution in [3.63, 3.8) is 0 Å². The Morgan fingerprint density at radius 1 is 1.06 bits per heavy atom. The summed E-state index contributed by atoms with van der Waals surface area (Å²) in [5.74, 6) is 1.76. The Kier molecular flexibility index (Phi) is 7.82. The van der Waals surface area contributed by atoms with Gasteiger partial charge in [0.1, 0.15) is 5.75 Å². The molecule has 2 fully saturated rings. The Morgan fingerprint density at radius 3 is 2.44 bits per heavy atom. The van der Waals surface area contributed by atoms with E-state index in [2.05, 4.69) is 17.1 Å². The lowest BCUT2D eigenvalue weighted by Crippen LogP contribution is -2.44. The van der Waals surface area contributed by atoms with Gasteiger partial charge in [-0.25, -0.2) is 0 Å². The van der Waals surface area contributed by atoms with Gasteiger partial charge in [-0.15, -0.1) is 0 Å². The zero-order chi connectivity index (χ0) is 22.2. The van der Waals surface area contributed by atoms with Crippen LogP contribution in [0.3, 0.4) is 0 Å². The van der Waals surface area contributed by atoms with E-state index in [1.807, 2.05) is 54.6 Å². The number of carbonyl (C=O) groups is 1. The highest BCUT2D eigenvalue weighted by atomic mass is 16.5. The van der Waals surface area contributed by atoms with E-state index in [4.69, 9.17) is 9.47 Å². The molecule has 0 saturated carbocycles. The summed E-state index contributed by atoms with van der Waals surface area (Å²) in [6.07, 6.45) is 5.05. The van der Waals surface area contributed by atoms with Crippen LogP contribution in [-0.4, -0.2) is 50.3 Å². The van der Waals surface area contributed by atoms with Crippen LogP contribution < -0.4 is 10.1 Å². The largest absolute Gasteiger partial charge is 0.494 e. The van der Waals surface area contributed by atoms with E-state index in [9.17, 15) is 4.79 Å². The van der Waals surface area contributed by atoms with Gasteiger partial charge in [0.25, 0.3) is 0 Å². The first-order valence-electron chi connectivity index (χ1n) is 12.1. The van der Waals surface area contributed by atoms with E-state index in [1.54, 1.807) is 0 Å². The van der Waals surface area contributed by atoms with E-state index in [1.165, 1.54) is 25.9 Å². The maximum Gasteiger partial charge on any atom is 0.235 e. The number of hydrogen-bond donors (Lipinski definition) is 1. The molecule has 0 unspecified atom stereocenters. The van der Waals surface area contributed by atoms with E-state index >= 15 is 0 Å². The molecule has 0 aliphatic carbocycles. The van der Waals surface area contributed by atoms with Crippen molar-refractivity contribution in [2.24, 2.45) is 5.92 Å². The van der Waals surface area contributed by atoms with Crippen LogP contribution in [0.2, 0.25) is 0 Å². The van der Waals surface area contributed by atoms with Crippen LogP contribution in [0, 0.1) is 5.92 Å². The second kappa shape index (κ2) is 11.0. The SMILES string of the molecule is CC1CCN(CCCOc2ccc(NC(=O)C3(c4ccccc4)CCOCC3)cc2)CC1. The number of amides is 1. The van der Waals surface area contributed by atoms with Crippen molar-refractivity contribution in [1.82, 2.24) is 4.90 Å². The van der Waals surface area contributed by atoms with E-state index in [0.717, 1.165) is 42.5 Å². The maximum atomic E-state index is 13.4. The van der Waals surface area contributed by atoms with Crippen LogP contribution >= 0.6 is 0 Å². The fourth-order valence-electron chi connectivity index (χ4n) is 4.77. The molecule has 2 aromatic carbocycles. The molecule has 5 heteroatoms. The van der Waals surface area contributed by atoms with Gasteiger partial charge in [0, 0.05) is 25.4 Å². The number of carbonyl (C=O) groups excluding carboxylic acids is 1. The van der Waals surface area contributed by atoms with Gasteiger partial charge in [-0.2, -0.15) is 0 Å². The molecule has 2 aliphatic rings. The molecular weight excluding hydrogens is 400 g/mol. The molecule has 1 amide bonds. The Bertz CT molecular complexity index is 839. The third-order valence-electron chi connectivity index (χ3n) is 6.98. The van der Waals surface area contributed by atoms with Crippen LogP contribution in [-0.2, 0) is 14.9 Å². The Morgan fingerprint density at radius 2 is 1.75 bits per heavy atom. The van der Waals surface area contributed by atoms with Gasteiger partial charge in [0.15, 0.2) is 0 Å². The van der Waals surface area contributed by atoms with Crippen molar-refractivity contribution in [2.75, 3.05) is 44.8 Å². The lowest BCUT2D eigenvalue weighted by molar-refractivity contribution is -0.125. The second-order valence-corrected chi connectivity index (χ2v) is 9.27. The molecule has 0 bridgehead atoms. The van der Waals surface area contributed by atoms with Crippen molar-refractivity contribution >= 4 is 11.6 Å². The van der Waals surface area contributed by atoms with Gasteiger partial charge in [-0.1, -0.05) is 37.3 Å². The number of likely N-dealkylation sites (tertiary alicyclic amines) is 1. The molecule has 0 aromatic heterocycles. The summed E-state index contributed by atoms with van der Waals surface area (Å²) in [6, 6.07) is 17.8. The minimum atomic E-state index is -0.541.